The first kappa shape index (κ1) is 3.92. The Morgan fingerprint density at radius 3 is 1.50 bits per heavy atom. The molecule has 0 spiro atoms. The molecule has 0 bridgehead atoms. The van der Waals surface area contributed by atoms with Crippen LogP contribution in [0.25, 0.3) is 0 Å². The van der Waals surface area contributed by atoms with E-state index in [0.717, 1.165) is 0 Å². The number of hydrogen-bond acceptors (Lipinski definition) is 2. The zero-order valence-electron chi connectivity index (χ0n) is 4.08. The standard InChI is InChI=1S/2CH4.2H3N/h2*1H4;2*1H3/i/hD3. The van der Waals surface area contributed by atoms with Crippen molar-refractivity contribution in [2.45, 2.75) is 14.9 Å². The van der Waals surface area contributed by atoms with Crippen LogP contribution in [0.5, 0.6) is 0 Å². The summed E-state index contributed by atoms with van der Waals surface area (Å²) in [5, 5.41) is 0. The maximum Gasteiger partial charge on any atom is 0.115 e. The fraction of sp³-hybridized carbons (Fsp3) is 1.00. The lowest BCUT2D eigenvalue weighted by atomic mass is 12.0. The summed E-state index contributed by atoms with van der Waals surface area (Å²) in [5.41, 5.74) is 0. The normalized spacial score (nSPS) is 6.75. The second-order valence-electron chi connectivity index (χ2n) is 0. The third-order valence-corrected chi connectivity index (χ3v) is 0. The molecule has 2 nitrogen and oxygen atoms in total. The van der Waals surface area contributed by atoms with Gasteiger partial charge in [0.2, 0.25) is 0 Å². The predicted octanol–water partition coefficient (Wildman–Crippen LogP) is 1.60. The molecule has 0 atom stereocenters. The zero-order valence-corrected chi connectivity index (χ0v) is 1.08. The molecule has 0 amide bonds. The van der Waals surface area contributed by atoms with Gasteiger partial charge in [-0.25, -0.2) is 0 Å². The van der Waals surface area contributed by atoms with Gasteiger partial charge in [0.15, 0.2) is 0 Å². The van der Waals surface area contributed by atoms with Crippen LogP contribution in [0.2, 0.25) is 4.24 Å². The molecule has 0 heterocycles. The maximum absolute atomic E-state index is 5.62. The summed E-state index contributed by atoms with van der Waals surface area (Å²) < 4.78 is 16.5. The molecule has 0 radical (unpaired) electrons. The minimum atomic E-state index is 0. The fourth-order valence-corrected chi connectivity index (χ4v) is 0. The smallest absolute Gasteiger partial charge is 0.115 e. The lowest BCUT2D eigenvalue weighted by Gasteiger charge is -0.345. The van der Waals surface area contributed by atoms with Crippen LogP contribution in [-0.2, 0) is 0 Å². The van der Waals surface area contributed by atoms with E-state index in [4.69, 9.17) is 4.24 Å². The van der Waals surface area contributed by atoms with Gasteiger partial charge in [-0.15, -0.1) is 0 Å². The van der Waals surface area contributed by atoms with Crippen molar-refractivity contribution in [3.63, 3.8) is 0 Å². The molecule has 0 fully saturated rings. The molecular formula is C2H14N2. The van der Waals surface area contributed by atoms with Gasteiger partial charge in [-0.3, -0.25) is 0 Å². The maximum atomic E-state index is 5.62. The second-order valence-corrected chi connectivity index (χ2v) is 0. The van der Waals surface area contributed by atoms with Crippen LogP contribution in [0.3, 0.4) is 0 Å². The van der Waals surface area contributed by atoms with E-state index >= 15 is 0 Å². The van der Waals surface area contributed by atoms with E-state index in [-0.39, 0.29) is 14.9 Å². The molecule has 0 aromatic carbocycles. The molecule has 32 valence electrons. The average Bonchev–Trinajstić information content (AvgIpc) is 1.46. The Kier molecular flexibility index (Phi) is 1650. The van der Waals surface area contributed by atoms with Crippen molar-refractivity contribution < 1.29 is 4.24 Å². The van der Waals surface area contributed by atoms with E-state index in [2.05, 4.69) is 6.14 Å². The Morgan fingerprint density at radius 2 is 1.50 bits per heavy atom. The quantitative estimate of drug-likeness (QED) is 0.453. The molecule has 0 unspecified atom stereocenters. The van der Waals surface area contributed by atoms with Crippen LogP contribution >= 0.6 is 0 Å². The third kappa shape index (κ3) is 254. The van der Waals surface area contributed by atoms with Gasteiger partial charge in [0.1, 0.15) is 4.24 Å². The van der Waals surface area contributed by atoms with Gasteiger partial charge in [-0.2, -0.15) is 0 Å². The highest BCUT2D eigenvalue weighted by molar-refractivity contribution is 2.50. The molecule has 0 rings (SSSR count). The zero-order chi connectivity index (χ0) is 4.71. The summed E-state index contributed by atoms with van der Waals surface area (Å²) in [6.07, 6.45) is 5.00. The first-order valence-electron chi connectivity index (χ1n) is 1.58. The lowest BCUT2D eigenvalue weighted by molar-refractivity contribution is 2.13. The van der Waals surface area contributed by atoms with Gasteiger partial charge < -0.3 is 12.3 Å². The molecule has 0 aliphatic rings. The Hall–Kier alpha value is -0.0800. The van der Waals surface area contributed by atoms with Crippen molar-refractivity contribution in [2.24, 2.45) is 0 Å². The predicted molar refractivity (Wildman–Crippen MR) is 23.5 cm³/mol. The molecule has 2 heteroatoms. The number of hydrogen-bond donors (Lipinski definition) is 2. The highest BCUT2D eigenvalue weighted by Crippen LogP contribution is 0.145. The SMILES string of the molecule is C.C.[2H]N.[2H]N[2H]. The topological polar surface area (TPSA) is 70.0 Å². The van der Waals surface area contributed by atoms with E-state index in [1.807, 2.05) is 0 Å². The Labute approximate surface area is 32.8 Å². The largest absolute Gasteiger partial charge is 0.344 e. The molecule has 0 aromatic heterocycles. The Morgan fingerprint density at radius 1 is 1.50 bits per heavy atom. The van der Waals surface area contributed by atoms with Gasteiger partial charge in [-0.05, 0) is 0 Å². The second kappa shape index (κ2) is 1680. The highest BCUT2D eigenvalue weighted by atomic mass is 14.0. The third-order valence-electron chi connectivity index (χ3n) is 0. The van der Waals surface area contributed by atoms with Crippen molar-refractivity contribution in [1.29, 1.82) is 0 Å². The monoisotopic (exact) mass is 69.1 g/mol. The minimum Gasteiger partial charge on any atom is -0.344 e. The Balaban J connectivity index is -0.0000000105. The van der Waals surface area contributed by atoms with Crippen molar-refractivity contribution >= 4 is 0 Å². The molecular weight excluding hydrogens is 52.0 g/mol. The van der Waals surface area contributed by atoms with E-state index in [1.54, 1.807) is 0 Å². The molecule has 0 aliphatic carbocycles. The Bertz CT molecular complexity index is 10.9. The molecule has 6 N–H and O–H groups in total. The van der Waals surface area contributed by atoms with Crippen molar-refractivity contribution in [3.8, 4) is 0 Å². The molecule has 0 aliphatic heterocycles. The van der Waals surface area contributed by atoms with Crippen LogP contribution in [-0.4, -0.2) is 0 Å². The van der Waals surface area contributed by atoms with Gasteiger partial charge in [0, 0.05) is 0 Å². The average molecular weight is 69.2 g/mol. The van der Waals surface area contributed by atoms with Gasteiger partial charge in [0.05, 0.1) is 0 Å². The van der Waals surface area contributed by atoms with E-state index in [0.29, 0.717) is 0 Å². The molecule has 4 heavy (non-hydrogen) atoms. The summed E-state index contributed by atoms with van der Waals surface area (Å²) in [7, 11) is 0. The van der Waals surface area contributed by atoms with Crippen molar-refractivity contribution in [3.05, 3.63) is 0 Å². The summed E-state index contributed by atoms with van der Waals surface area (Å²) in [5.74, 6) is 0. The van der Waals surface area contributed by atoms with E-state index in [9.17, 15) is 0 Å². The van der Waals surface area contributed by atoms with Gasteiger partial charge >= 0.3 is 0 Å². The van der Waals surface area contributed by atoms with Crippen LogP contribution in [0, 0.1) is 0 Å². The summed E-state index contributed by atoms with van der Waals surface area (Å²) >= 11 is 0. The van der Waals surface area contributed by atoms with Crippen molar-refractivity contribution in [1.82, 2.24) is 12.3 Å². The van der Waals surface area contributed by atoms with Crippen LogP contribution in [0.4, 0.5) is 0 Å². The van der Waals surface area contributed by atoms with Crippen molar-refractivity contribution in [2.75, 3.05) is 0 Å². The molecule has 0 aromatic rings. The van der Waals surface area contributed by atoms with Gasteiger partial charge in [-0.1, -0.05) is 14.9 Å². The lowest BCUT2D eigenvalue weighted by Crippen LogP contribution is -0.482. The summed E-state index contributed by atoms with van der Waals surface area (Å²) in [6, 6.07) is 0. The molecule has 0 saturated carbocycles. The van der Waals surface area contributed by atoms with Crippen LogP contribution in [0.1, 0.15) is 14.9 Å². The first-order valence-corrected chi connectivity index (χ1v) is 0. The summed E-state index contributed by atoms with van der Waals surface area (Å²) in [4.78, 5) is 0. The fourth-order valence-electron chi connectivity index (χ4n) is 0. The number of rotatable bonds is 0. The highest BCUT2D eigenvalue weighted by Gasteiger charge is -0.0765. The van der Waals surface area contributed by atoms with Gasteiger partial charge in [0.25, 0.3) is 0 Å². The first-order chi connectivity index (χ1) is 2.41. The summed E-state index contributed by atoms with van der Waals surface area (Å²) in [6.45, 7) is 0. The van der Waals surface area contributed by atoms with Crippen LogP contribution < -0.4 is 12.3 Å². The van der Waals surface area contributed by atoms with E-state index < -0.39 is 0 Å². The minimum absolute atomic E-state index is 0. The van der Waals surface area contributed by atoms with Crippen LogP contribution in [0.15, 0.2) is 0 Å². The molecule has 0 saturated heterocycles. The van der Waals surface area contributed by atoms with E-state index in [1.165, 1.54) is 6.14 Å².